The summed E-state index contributed by atoms with van der Waals surface area (Å²) in [5.41, 5.74) is 2.66. The van der Waals surface area contributed by atoms with Crippen molar-refractivity contribution in [2.24, 2.45) is 0 Å². The number of hydrogen-bond donors (Lipinski definition) is 3. The van der Waals surface area contributed by atoms with Gasteiger partial charge in [-0.1, -0.05) is 24.3 Å². The molecule has 3 aromatic rings. The molecule has 3 rings (SSSR count). The van der Waals surface area contributed by atoms with Crippen LogP contribution in [0.2, 0.25) is 0 Å². The zero-order valence-corrected chi connectivity index (χ0v) is 10.5. The molecule has 0 atom stereocenters. The van der Waals surface area contributed by atoms with Crippen LogP contribution in [0.25, 0.3) is 11.0 Å². The molecule has 0 bridgehead atoms. The van der Waals surface area contributed by atoms with Gasteiger partial charge in [-0.25, -0.2) is 9.97 Å². The molecule has 0 saturated carbocycles. The minimum Gasteiger partial charge on any atom is -0.492 e. The quantitative estimate of drug-likeness (QED) is 0.576. The van der Waals surface area contributed by atoms with Gasteiger partial charge in [0.2, 0.25) is 5.88 Å². The highest BCUT2D eigenvalue weighted by Gasteiger charge is 2.11. The first-order valence-electron chi connectivity index (χ1n) is 6.09. The summed E-state index contributed by atoms with van der Waals surface area (Å²) >= 11 is 0. The molecule has 0 aliphatic carbocycles. The lowest BCUT2D eigenvalue weighted by molar-refractivity contribution is 0.426. The molecule has 6 nitrogen and oxygen atoms in total. The molecule has 0 radical (unpaired) electrons. The van der Waals surface area contributed by atoms with Crippen LogP contribution >= 0.6 is 0 Å². The van der Waals surface area contributed by atoms with Crippen LogP contribution in [0.4, 0.5) is 0 Å². The van der Waals surface area contributed by atoms with Crippen molar-refractivity contribution in [2.75, 3.05) is 0 Å². The van der Waals surface area contributed by atoms with Gasteiger partial charge in [-0.05, 0) is 17.1 Å². The maximum absolute atomic E-state index is 9.80. The number of imidazole rings is 1. The molecule has 7 heteroatoms. The number of nitrogens with zero attached hydrogens (tertiary/aromatic N) is 3. The van der Waals surface area contributed by atoms with Gasteiger partial charge in [0, 0.05) is 12.7 Å². The fourth-order valence-corrected chi connectivity index (χ4v) is 2.11. The Kier molecular flexibility index (Phi) is 3.13. The van der Waals surface area contributed by atoms with Gasteiger partial charge in [0.15, 0.2) is 0 Å². The Labute approximate surface area is 115 Å². The second kappa shape index (κ2) is 4.95. The van der Waals surface area contributed by atoms with E-state index >= 15 is 0 Å². The largest absolute Gasteiger partial charge is 0.492 e. The standard InChI is InChI=1S/C13H12BN3O3/c18-13-12-11(5-6-15-13)16-8-17(12)7-9-1-3-10(4-2-9)14(19)20/h1-6,8,19-20H,7H2,(H,15,18). The number of pyridine rings is 1. The SMILES string of the molecule is OB(O)c1ccc(Cn2cnc3ccnc(O)c32)cc1. The molecule has 0 aliphatic rings. The second-order valence-corrected chi connectivity index (χ2v) is 4.49. The third-order valence-corrected chi connectivity index (χ3v) is 3.14. The smallest absolute Gasteiger partial charge is 0.488 e. The Morgan fingerprint density at radius 2 is 1.80 bits per heavy atom. The Balaban J connectivity index is 1.93. The van der Waals surface area contributed by atoms with Gasteiger partial charge in [-0.3, -0.25) is 0 Å². The van der Waals surface area contributed by atoms with E-state index in [9.17, 15) is 5.11 Å². The van der Waals surface area contributed by atoms with E-state index in [2.05, 4.69) is 9.97 Å². The summed E-state index contributed by atoms with van der Waals surface area (Å²) < 4.78 is 1.79. The molecule has 0 spiro atoms. The van der Waals surface area contributed by atoms with Gasteiger partial charge in [0.05, 0.1) is 11.8 Å². The molecule has 0 saturated heterocycles. The first-order valence-corrected chi connectivity index (χ1v) is 6.09. The first kappa shape index (κ1) is 12.6. The third kappa shape index (κ3) is 2.24. The fourth-order valence-electron chi connectivity index (χ4n) is 2.11. The third-order valence-electron chi connectivity index (χ3n) is 3.14. The number of hydrogen-bond acceptors (Lipinski definition) is 5. The monoisotopic (exact) mass is 269 g/mol. The lowest BCUT2D eigenvalue weighted by Crippen LogP contribution is -2.29. The summed E-state index contributed by atoms with van der Waals surface area (Å²) in [4.78, 5) is 8.05. The molecule has 2 heterocycles. The predicted molar refractivity (Wildman–Crippen MR) is 74.6 cm³/mol. The summed E-state index contributed by atoms with van der Waals surface area (Å²) in [5.74, 6) is -0.0533. The van der Waals surface area contributed by atoms with Crippen LogP contribution in [-0.4, -0.2) is 36.8 Å². The Bertz CT molecular complexity index is 740. The molecule has 1 aromatic carbocycles. The van der Waals surface area contributed by atoms with Crippen LogP contribution in [-0.2, 0) is 6.54 Å². The zero-order valence-electron chi connectivity index (χ0n) is 10.5. The number of rotatable bonds is 3. The highest BCUT2D eigenvalue weighted by Crippen LogP contribution is 2.21. The summed E-state index contributed by atoms with van der Waals surface area (Å²) in [6.07, 6.45) is 3.15. The van der Waals surface area contributed by atoms with E-state index in [1.807, 2.05) is 0 Å². The lowest BCUT2D eigenvalue weighted by atomic mass is 9.80. The van der Waals surface area contributed by atoms with Gasteiger partial charge >= 0.3 is 7.12 Å². The second-order valence-electron chi connectivity index (χ2n) is 4.49. The molecule has 20 heavy (non-hydrogen) atoms. The maximum Gasteiger partial charge on any atom is 0.488 e. The van der Waals surface area contributed by atoms with E-state index < -0.39 is 7.12 Å². The van der Waals surface area contributed by atoms with Crippen molar-refractivity contribution in [1.29, 1.82) is 0 Å². The van der Waals surface area contributed by atoms with Crippen molar-refractivity contribution >= 4 is 23.6 Å². The van der Waals surface area contributed by atoms with Crippen LogP contribution in [0.15, 0.2) is 42.9 Å². The average molecular weight is 269 g/mol. The fraction of sp³-hybridized carbons (Fsp3) is 0.0769. The van der Waals surface area contributed by atoms with Crippen molar-refractivity contribution in [3.63, 3.8) is 0 Å². The Morgan fingerprint density at radius 3 is 2.50 bits per heavy atom. The van der Waals surface area contributed by atoms with E-state index in [0.717, 1.165) is 5.56 Å². The van der Waals surface area contributed by atoms with Gasteiger partial charge in [-0.15, -0.1) is 0 Å². The van der Waals surface area contributed by atoms with Crippen molar-refractivity contribution in [2.45, 2.75) is 6.54 Å². The molecule has 0 amide bonds. The van der Waals surface area contributed by atoms with Crippen LogP contribution in [0.5, 0.6) is 5.88 Å². The predicted octanol–water partition coefficient (Wildman–Crippen LogP) is -0.135. The summed E-state index contributed by atoms with van der Waals surface area (Å²) in [5, 5.41) is 27.9. The topological polar surface area (TPSA) is 91.4 Å². The number of benzene rings is 1. The Hall–Kier alpha value is -2.38. The van der Waals surface area contributed by atoms with E-state index in [4.69, 9.17) is 10.0 Å². The van der Waals surface area contributed by atoms with Gasteiger partial charge < -0.3 is 19.7 Å². The normalized spacial score (nSPS) is 10.9. The minimum absolute atomic E-state index is 0.0533. The zero-order chi connectivity index (χ0) is 14.1. The Morgan fingerprint density at radius 1 is 1.05 bits per heavy atom. The highest BCUT2D eigenvalue weighted by atomic mass is 16.4. The molecule has 100 valence electrons. The molecule has 0 unspecified atom stereocenters. The molecule has 0 aliphatic heterocycles. The maximum atomic E-state index is 9.80. The van der Waals surface area contributed by atoms with Crippen LogP contribution in [0.3, 0.4) is 0 Å². The first-order chi connectivity index (χ1) is 9.65. The van der Waals surface area contributed by atoms with Crippen LogP contribution in [0, 0.1) is 0 Å². The van der Waals surface area contributed by atoms with Crippen molar-refractivity contribution in [1.82, 2.24) is 14.5 Å². The highest BCUT2D eigenvalue weighted by molar-refractivity contribution is 6.58. The van der Waals surface area contributed by atoms with Crippen LogP contribution in [0.1, 0.15) is 5.56 Å². The summed E-state index contributed by atoms with van der Waals surface area (Å²) in [6.45, 7) is 0.511. The van der Waals surface area contributed by atoms with E-state index in [0.29, 0.717) is 23.0 Å². The summed E-state index contributed by atoms with van der Waals surface area (Å²) in [6, 6.07) is 8.63. The van der Waals surface area contributed by atoms with E-state index in [-0.39, 0.29) is 5.88 Å². The molecule has 0 fully saturated rings. The molecular formula is C13H12BN3O3. The van der Waals surface area contributed by atoms with Crippen molar-refractivity contribution in [3.8, 4) is 5.88 Å². The van der Waals surface area contributed by atoms with Crippen molar-refractivity contribution < 1.29 is 15.2 Å². The van der Waals surface area contributed by atoms with Gasteiger partial charge in [0.1, 0.15) is 5.52 Å². The van der Waals surface area contributed by atoms with Crippen molar-refractivity contribution in [3.05, 3.63) is 48.4 Å². The number of aromatic hydroxyl groups is 1. The van der Waals surface area contributed by atoms with E-state index in [1.165, 1.54) is 6.20 Å². The molecule has 3 N–H and O–H groups in total. The number of fused-ring (bicyclic) bond motifs is 1. The van der Waals surface area contributed by atoms with E-state index in [1.54, 1.807) is 41.2 Å². The van der Waals surface area contributed by atoms with Gasteiger partial charge in [-0.2, -0.15) is 0 Å². The average Bonchev–Trinajstić information content (AvgIpc) is 2.84. The van der Waals surface area contributed by atoms with Gasteiger partial charge in [0.25, 0.3) is 0 Å². The minimum atomic E-state index is -1.47. The molecule has 2 aromatic heterocycles. The molecular weight excluding hydrogens is 257 g/mol. The number of aromatic nitrogens is 3. The lowest BCUT2D eigenvalue weighted by Gasteiger charge is -2.06. The van der Waals surface area contributed by atoms with Crippen LogP contribution < -0.4 is 5.46 Å². The summed E-state index contributed by atoms with van der Waals surface area (Å²) in [7, 11) is -1.47.